The largest absolute Gasteiger partial charge is 0.396 e. The van der Waals surface area contributed by atoms with Crippen molar-refractivity contribution in [2.24, 2.45) is 0 Å². The minimum atomic E-state index is 0.147. The van der Waals surface area contributed by atoms with Crippen molar-refractivity contribution in [1.82, 2.24) is 4.57 Å². The summed E-state index contributed by atoms with van der Waals surface area (Å²) in [5, 5.41) is 11.8. The van der Waals surface area contributed by atoms with Crippen molar-refractivity contribution in [3.63, 3.8) is 0 Å². The van der Waals surface area contributed by atoms with E-state index in [2.05, 4.69) is 82.5 Å². The van der Waals surface area contributed by atoms with Crippen LogP contribution < -0.4 is 0 Å². The van der Waals surface area contributed by atoms with Gasteiger partial charge in [-0.1, -0.05) is 66.5 Å². The lowest BCUT2D eigenvalue weighted by Crippen LogP contribution is -2.10. The van der Waals surface area contributed by atoms with Crippen molar-refractivity contribution in [2.75, 3.05) is 6.61 Å². The summed E-state index contributed by atoms with van der Waals surface area (Å²) in [6, 6.07) is 14.1. The Morgan fingerprint density at radius 1 is 0.679 bits per heavy atom. The average Bonchev–Trinajstić information content (AvgIpc) is 2.93. The normalized spacial score (nSPS) is 13.0. The highest BCUT2D eigenvalue weighted by atomic mass is 16.2. The first kappa shape index (κ1) is 20.9. The highest BCUT2D eigenvalue weighted by molar-refractivity contribution is 6.08. The van der Waals surface area contributed by atoms with E-state index in [1.165, 1.54) is 39.4 Å². The van der Waals surface area contributed by atoms with E-state index in [-0.39, 0.29) is 10.8 Å². The lowest BCUT2D eigenvalue weighted by atomic mass is 9.85. The molecule has 0 fully saturated rings. The average molecular weight is 380 g/mol. The van der Waals surface area contributed by atoms with Crippen LogP contribution >= 0.6 is 0 Å². The van der Waals surface area contributed by atoms with E-state index in [0.717, 1.165) is 25.8 Å². The molecule has 28 heavy (non-hydrogen) atoms. The maximum atomic E-state index is 9.01. The fourth-order valence-corrected chi connectivity index (χ4v) is 4.01. The molecule has 0 aliphatic rings. The quantitative estimate of drug-likeness (QED) is 0.461. The monoisotopic (exact) mass is 379 g/mol. The zero-order valence-electron chi connectivity index (χ0n) is 18.6. The van der Waals surface area contributed by atoms with Gasteiger partial charge in [0.15, 0.2) is 0 Å². The molecule has 0 bridgehead atoms. The molecule has 1 aromatic heterocycles. The second-order valence-electron chi connectivity index (χ2n) is 10.3. The topological polar surface area (TPSA) is 25.2 Å². The van der Waals surface area contributed by atoms with Crippen molar-refractivity contribution < 1.29 is 5.11 Å². The number of aryl methyl sites for hydroxylation is 1. The minimum Gasteiger partial charge on any atom is -0.396 e. The molecular weight excluding hydrogens is 342 g/mol. The highest BCUT2D eigenvalue weighted by Crippen LogP contribution is 2.36. The number of unbranched alkanes of at least 4 members (excludes halogenated alkanes) is 3. The molecule has 2 heteroatoms. The van der Waals surface area contributed by atoms with E-state index in [9.17, 15) is 0 Å². The molecule has 0 saturated carbocycles. The third-order valence-electron chi connectivity index (χ3n) is 5.89. The molecule has 152 valence electrons. The summed E-state index contributed by atoms with van der Waals surface area (Å²) >= 11 is 0. The minimum absolute atomic E-state index is 0.147. The Hall–Kier alpha value is -1.80. The van der Waals surface area contributed by atoms with Gasteiger partial charge in [0.05, 0.1) is 0 Å². The Morgan fingerprint density at radius 3 is 1.57 bits per heavy atom. The molecule has 1 N–H and O–H groups in total. The number of fused-ring (bicyclic) bond motifs is 3. The molecule has 1 heterocycles. The Morgan fingerprint density at radius 2 is 1.14 bits per heavy atom. The second-order valence-corrected chi connectivity index (χ2v) is 10.3. The molecule has 0 unspecified atom stereocenters. The standard InChI is InChI=1S/C26H37NO/c1-25(2,3)19-11-13-23-21(17-19)22-18-20(26(4,5)6)12-14-24(22)27(23)15-9-7-8-10-16-28/h11-14,17-18,28H,7-10,15-16H2,1-6H3. The number of rotatable bonds is 6. The van der Waals surface area contributed by atoms with Crippen LogP contribution in [0.3, 0.4) is 0 Å². The highest BCUT2D eigenvalue weighted by Gasteiger charge is 2.19. The van der Waals surface area contributed by atoms with Crippen LogP contribution in [0.4, 0.5) is 0 Å². The first-order valence-corrected chi connectivity index (χ1v) is 10.8. The molecule has 2 nitrogen and oxygen atoms in total. The fraction of sp³-hybridized carbons (Fsp3) is 0.538. The fourth-order valence-electron chi connectivity index (χ4n) is 4.01. The molecule has 2 aromatic carbocycles. The van der Waals surface area contributed by atoms with Crippen LogP contribution in [0.25, 0.3) is 21.8 Å². The van der Waals surface area contributed by atoms with E-state index in [4.69, 9.17) is 5.11 Å². The van der Waals surface area contributed by atoms with E-state index in [0.29, 0.717) is 6.61 Å². The number of hydrogen-bond acceptors (Lipinski definition) is 1. The van der Waals surface area contributed by atoms with Crippen molar-refractivity contribution in [3.8, 4) is 0 Å². The van der Waals surface area contributed by atoms with Gasteiger partial charge >= 0.3 is 0 Å². The summed E-state index contributed by atoms with van der Waals surface area (Å²) in [6.45, 7) is 15.1. The second kappa shape index (κ2) is 7.91. The predicted octanol–water partition coefficient (Wildman–Crippen LogP) is 6.94. The summed E-state index contributed by atoms with van der Waals surface area (Å²) in [5.41, 5.74) is 5.77. The number of aromatic nitrogens is 1. The Kier molecular flexibility index (Phi) is 5.91. The third kappa shape index (κ3) is 4.27. The van der Waals surface area contributed by atoms with Crippen LogP contribution in [-0.4, -0.2) is 16.3 Å². The molecule has 0 atom stereocenters. The van der Waals surface area contributed by atoms with E-state index in [1.807, 2.05) is 0 Å². The summed E-state index contributed by atoms with van der Waals surface area (Å²) in [7, 11) is 0. The van der Waals surface area contributed by atoms with Gasteiger partial charge in [-0.2, -0.15) is 0 Å². The van der Waals surface area contributed by atoms with Crippen LogP contribution in [0.2, 0.25) is 0 Å². The number of nitrogens with zero attached hydrogens (tertiary/aromatic N) is 1. The predicted molar refractivity (Wildman–Crippen MR) is 122 cm³/mol. The van der Waals surface area contributed by atoms with Gasteiger partial charge < -0.3 is 9.67 Å². The van der Waals surface area contributed by atoms with E-state index in [1.54, 1.807) is 0 Å². The SMILES string of the molecule is CC(C)(C)c1ccc2c(c1)c1cc(C(C)(C)C)ccc1n2CCCCCCO. The Labute approximate surface area is 170 Å². The summed E-state index contributed by atoms with van der Waals surface area (Å²) in [4.78, 5) is 0. The van der Waals surface area contributed by atoms with Gasteiger partial charge in [-0.3, -0.25) is 0 Å². The van der Waals surface area contributed by atoms with Crippen LogP contribution in [0, 0.1) is 0 Å². The zero-order chi connectivity index (χ0) is 20.5. The van der Waals surface area contributed by atoms with Crippen molar-refractivity contribution in [1.29, 1.82) is 0 Å². The van der Waals surface area contributed by atoms with E-state index >= 15 is 0 Å². The van der Waals surface area contributed by atoms with Crippen molar-refractivity contribution in [3.05, 3.63) is 47.5 Å². The molecule has 0 amide bonds. The summed E-state index contributed by atoms with van der Waals surface area (Å²) < 4.78 is 2.50. The number of aliphatic hydroxyl groups excluding tert-OH is 1. The summed E-state index contributed by atoms with van der Waals surface area (Å²) in [5.74, 6) is 0. The third-order valence-corrected chi connectivity index (χ3v) is 5.89. The maximum Gasteiger partial charge on any atom is 0.0491 e. The first-order chi connectivity index (χ1) is 13.1. The van der Waals surface area contributed by atoms with Crippen LogP contribution in [0.1, 0.15) is 78.4 Å². The van der Waals surface area contributed by atoms with Gasteiger partial charge in [0.25, 0.3) is 0 Å². The van der Waals surface area contributed by atoms with Gasteiger partial charge in [-0.15, -0.1) is 0 Å². The van der Waals surface area contributed by atoms with Gasteiger partial charge in [-0.25, -0.2) is 0 Å². The lowest BCUT2D eigenvalue weighted by molar-refractivity contribution is 0.282. The molecule has 0 spiro atoms. The van der Waals surface area contributed by atoms with E-state index < -0.39 is 0 Å². The molecule has 0 saturated heterocycles. The van der Waals surface area contributed by atoms with Gasteiger partial charge in [0.1, 0.15) is 0 Å². The zero-order valence-corrected chi connectivity index (χ0v) is 18.6. The van der Waals surface area contributed by atoms with Crippen LogP contribution in [-0.2, 0) is 17.4 Å². The van der Waals surface area contributed by atoms with Crippen molar-refractivity contribution in [2.45, 2.75) is 84.6 Å². The van der Waals surface area contributed by atoms with Gasteiger partial charge in [0, 0.05) is 35.0 Å². The number of hydrogen-bond donors (Lipinski definition) is 1. The van der Waals surface area contributed by atoms with Gasteiger partial charge in [-0.05, 0) is 59.1 Å². The van der Waals surface area contributed by atoms with Crippen molar-refractivity contribution >= 4 is 21.8 Å². The number of aliphatic hydroxyl groups is 1. The smallest absolute Gasteiger partial charge is 0.0491 e. The molecule has 3 aromatic rings. The molecule has 3 rings (SSSR count). The molecule has 0 aliphatic carbocycles. The summed E-state index contributed by atoms with van der Waals surface area (Å²) in [6.07, 6.45) is 4.34. The Balaban J connectivity index is 2.12. The van der Waals surface area contributed by atoms with Gasteiger partial charge in [0.2, 0.25) is 0 Å². The lowest BCUT2D eigenvalue weighted by Gasteiger charge is -2.19. The van der Waals surface area contributed by atoms with Crippen LogP contribution in [0.5, 0.6) is 0 Å². The Bertz CT molecular complexity index is 879. The first-order valence-electron chi connectivity index (χ1n) is 10.8. The van der Waals surface area contributed by atoms with Crippen LogP contribution in [0.15, 0.2) is 36.4 Å². The maximum absolute atomic E-state index is 9.01. The molecule has 0 radical (unpaired) electrons. The molecular formula is C26H37NO. The number of benzene rings is 2. The molecule has 0 aliphatic heterocycles.